The van der Waals surface area contributed by atoms with Crippen LogP contribution in [0.2, 0.25) is 0 Å². The number of carbonyl (C=O) groups is 1. The average Bonchev–Trinajstić information content (AvgIpc) is 2.54. The molecule has 6 heteroatoms. The first-order valence-electron chi connectivity index (χ1n) is 6.55. The van der Waals surface area contributed by atoms with Crippen LogP contribution in [0.1, 0.15) is 16.2 Å². The van der Waals surface area contributed by atoms with Crippen LogP contribution < -0.4 is 5.32 Å². The molecule has 0 saturated carbocycles. The molecule has 0 aliphatic rings. The van der Waals surface area contributed by atoms with Crippen LogP contribution in [0.3, 0.4) is 0 Å². The van der Waals surface area contributed by atoms with Crippen LogP contribution in [-0.4, -0.2) is 40.8 Å². The number of ether oxygens (including phenoxy) is 1. The Morgan fingerprint density at radius 1 is 1.33 bits per heavy atom. The van der Waals surface area contributed by atoms with Crippen molar-refractivity contribution in [2.75, 3.05) is 19.0 Å². The predicted molar refractivity (Wildman–Crippen MR) is 78.0 cm³/mol. The number of rotatable bonds is 6. The van der Waals surface area contributed by atoms with Gasteiger partial charge < -0.3 is 15.2 Å². The number of carbonyl (C=O) groups excluding carboxylic acids is 1. The zero-order valence-corrected chi connectivity index (χ0v) is 11.7. The second kappa shape index (κ2) is 7.35. The minimum Gasteiger partial charge on any atom is -0.463 e. The van der Waals surface area contributed by atoms with E-state index in [9.17, 15) is 9.90 Å². The molecule has 0 saturated heterocycles. The van der Waals surface area contributed by atoms with Gasteiger partial charge in [0.2, 0.25) is 5.82 Å². The van der Waals surface area contributed by atoms with Gasteiger partial charge in [-0.05, 0) is 18.1 Å². The molecule has 6 nitrogen and oxygen atoms in total. The number of nitrogens with zero attached hydrogens (tertiary/aromatic N) is 2. The van der Waals surface area contributed by atoms with Crippen molar-refractivity contribution in [1.29, 1.82) is 0 Å². The van der Waals surface area contributed by atoms with E-state index < -0.39 is 5.97 Å². The van der Waals surface area contributed by atoms with Crippen LogP contribution in [0, 0.1) is 0 Å². The first-order valence-corrected chi connectivity index (χ1v) is 6.55. The van der Waals surface area contributed by atoms with Crippen LogP contribution in [0.15, 0.2) is 42.6 Å². The van der Waals surface area contributed by atoms with Crippen molar-refractivity contribution in [2.45, 2.75) is 12.5 Å². The molecule has 1 heterocycles. The lowest BCUT2D eigenvalue weighted by atomic mass is 10.1. The summed E-state index contributed by atoms with van der Waals surface area (Å²) in [4.78, 5) is 19.3. The fraction of sp³-hybridized carbons (Fsp3) is 0.267. The molecule has 0 fully saturated rings. The van der Waals surface area contributed by atoms with E-state index in [1.54, 1.807) is 6.07 Å². The number of benzene rings is 1. The molecule has 2 rings (SSSR count). The van der Waals surface area contributed by atoms with Gasteiger partial charge in [-0.15, -0.1) is 0 Å². The number of aliphatic hydroxyl groups is 1. The summed E-state index contributed by atoms with van der Waals surface area (Å²) in [5.74, 6) is -0.137. The highest BCUT2D eigenvalue weighted by Crippen LogP contribution is 2.09. The van der Waals surface area contributed by atoms with Gasteiger partial charge in [0.1, 0.15) is 5.82 Å². The van der Waals surface area contributed by atoms with Crippen molar-refractivity contribution < 1.29 is 14.6 Å². The van der Waals surface area contributed by atoms with Crippen molar-refractivity contribution in [3.8, 4) is 0 Å². The maximum Gasteiger partial charge on any atom is 0.376 e. The largest absolute Gasteiger partial charge is 0.463 e. The van der Waals surface area contributed by atoms with Crippen molar-refractivity contribution in [1.82, 2.24) is 9.97 Å². The Balaban J connectivity index is 2.06. The van der Waals surface area contributed by atoms with Gasteiger partial charge in [0.25, 0.3) is 0 Å². The third-order valence-electron chi connectivity index (χ3n) is 2.92. The molecule has 0 radical (unpaired) electrons. The smallest absolute Gasteiger partial charge is 0.376 e. The van der Waals surface area contributed by atoms with Gasteiger partial charge in [-0.1, -0.05) is 30.3 Å². The Hall–Kier alpha value is -2.47. The lowest BCUT2D eigenvalue weighted by Gasteiger charge is -2.17. The second-order valence-corrected chi connectivity index (χ2v) is 4.47. The highest BCUT2D eigenvalue weighted by molar-refractivity contribution is 5.85. The Morgan fingerprint density at radius 2 is 2.10 bits per heavy atom. The van der Waals surface area contributed by atoms with E-state index in [0.717, 1.165) is 5.56 Å². The molecule has 110 valence electrons. The van der Waals surface area contributed by atoms with Crippen molar-refractivity contribution in [3.05, 3.63) is 54.0 Å². The van der Waals surface area contributed by atoms with Crippen LogP contribution in [0.5, 0.6) is 0 Å². The molecule has 1 unspecified atom stereocenters. The van der Waals surface area contributed by atoms with E-state index in [-0.39, 0.29) is 18.5 Å². The number of esters is 1. The monoisotopic (exact) mass is 287 g/mol. The molecule has 1 aromatic heterocycles. The zero-order chi connectivity index (χ0) is 15.1. The Bertz CT molecular complexity index is 590. The number of hydrogen-bond acceptors (Lipinski definition) is 6. The molecule has 0 aliphatic carbocycles. The second-order valence-electron chi connectivity index (χ2n) is 4.47. The molecule has 2 N–H and O–H groups in total. The molecule has 1 aromatic carbocycles. The van der Waals surface area contributed by atoms with Crippen molar-refractivity contribution in [2.24, 2.45) is 0 Å². The standard InChI is InChI=1S/C15H17N3O3/c1-21-15(20)14-16-8-7-13(18-14)17-12(10-19)9-11-5-3-2-4-6-11/h2-8,12,19H,9-10H2,1H3,(H,16,17,18). The molecule has 0 bridgehead atoms. The highest BCUT2D eigenvalue weighted by atomic mass is 16.5. The SMILES string of the molecule is COC(=O)c1nccc(NC(CO)Cc2ccccc2)n1. The number of aliphatic hydroxyl groups excluding tert-OH is 1. The first kappa shape index (κ1) is 14.9. The van der Waals surface area contributed by atoms with E-state index in [4.69, 9.17) is 0 Å². The summed E-state index contributed by atoms with van der Waals surface area (Å²) >= 11 is 0. The van der Waals surface area contributed by atoms with Crippen molar-refractivity contribution >= 4 is 11.8 Å². The van der Waals surface area contributed by atoms with E-state index in [1.165, 1.54) is 13.3 Å². The van der Waals surface area contributed by atoms with Gasteiger partial charge in [-0.25, -0.2) is 14.8 Å². The molecule has 21 heavy (non-hydrogen) atoms. The summed E-state index contributed by atoms with van der Waals surface area (Å²) < 4.78 is 4.58. The van der Waals surface area contributed by atoms with Crippen LogP contribution in [0.25, 0.3) is 0 Å². The Morgan fingerprint density at radius 3 is 2.76 bits per heavy atom. The summed E-state index contributed by atoms with van der Waals surface area (Å²) in [5, 5.41) is 12.6. The number of hydrogen-bond donors (Lipinski definition) is 2. The minimum absolute atomic E-state index is 0.0149. The van der Waals surface area contributed by atoms with Gasteiger partial charge in [0, 0.05) is 6.20 Å². The quantitative estimate of drug-likeness (QED) is 0.779. The lowest BCUT2D eigenvalue weighted by Crippen LogP contribution is -2.27. The third-order valence-corrected chi connectivity index (χ3v) is 2.92. The molecular formula is C15H17N3O3. The van der Waals surface area contributed by atoms with Crippen LogP contribution >= 0.6 is 0 Å². The van der Waals surface area contributed by atoms with E-state index >= 15 is 0 Å². The number of nitrogens with one attached hydrogen (secondary N) is 1. The maximum absolute atomic E-state index is 11.4. The number of methoxy groups -OCH3 is 1. The zero-order valence-electron chi connectivity index (χ0n) is 11.7. The average molecular weight is 287 g/mol. The van der Waals surface area contributed by atoms with Gasteiger partial charge in [0.15, 0.2) is 0 Å². The fourth-order valence-electron chi connectivity index (χ4n) is 1.90. The third kappa shape index (κ3) is 4.25. The predicted octanol–water partition coefficient (Wildman–Crippen LogP) is 1.28. The first-order chi connectivity index (χ1) is 10.2. The summed E-state index contributed by atoms with van der Waals surface area (Å²) in [6.07, 6.45) is 2.12. The van der Waals surface area contributed by atoms with Gasteiger partial charge in [-0.2, -0.15) is 0 Å². The van der Waals surface area contributed by atoms with E-state index in [2.05, 4.69) is 20.0 Å². The number of anilines is 1. The highest BCUT2D eigenvalue weighted by Gasteiger charge is 2.13. The van der Waals surface area contributed by atoms with Gasteiger partial charge in [0.05, 0.1) is 19.8 Å². The number of aromatic nitrogens is 2. The van der Waals surface area contributed by atoms with Gasteiger partial charge in [-0.3, -0.25) is 0 Å². The molecular weight excluding hydrogens is 270 g/mol. The summed E-state index contributed by atoms with van der Waals surface area (Å²) in [6.45, 7) is -0.0492. The van der Waals surface area contributed by atoms with Crippen LogP contribution in [-0.2, 0) is 11.2 Å². The minimum atomic E-state index is -0.595. The Kier molecular flexibility index (Phi) is 5.22. The van der Waals surface area contributed by atoms with Crippen LogP contribution in [0.4, 0.5) is 5.82 Å². The van der Waals surface area contributed by atoms with Crippen molar-refractivity contribution in [3.63, 3.8) is 0 Å². The summed E-state index contributed by atoms with van der Waals surface area (Å²) in [7, 11) is 1.28. The molecule has 0 amide bonds. The molecule has 0 spiro atoms. The maximum atomic E-state index is 11.4. The fourth-order valence-corrected chi connectivity index (χ4v) is 1.90. The summed E-state index contributed by atoms with van der Waals surface area (Å²) in [5.41, 5.74) is 1.10. The van der Waals surface area contributed by atoms with E-state index in [0.29, 0.717) is 12.2 Å². The summed E-state index contributed by atoms with van der Waals surface area (Å²) in [6, 6.07) is 11.3. The lowest BCUT2D eigenvalue weighted by molar-refractivity contribution is 0.0587. The topological polar surface area (TPSA) is 84.3 Å². The molecule has 0 aliphatic heterocycles. The van der Waals surface area contributed by atoms with E-state index in [1.807, 2.05) is 30.3 Å². The molecule has 1 atom stereocenters. The Labute approximate surface area is 122 Å². The van der Waals surface area contributed by atoms with Gasteiger partial charge >= 0.3 is 5.97 Å². The normalized spacial score (nSPS) is 11.7. The molecule has 2 aromatic rings.